The molecule has 4 N–H and O–H groups in total. The Balaban J connectivity index is 3.11. The number of aromatic nitrogens is 1. The van der Waals surface area contributed by atoms with Gasteiger partial charge in [-0.25, -0.2) is 4.98 Å². The van der Waals surface area contributed by atoms with Gasteiger partial charge in [-0.3, -0.25) is 10.4 Å². The minimum atomic E-state index is -0.723. The molecule has 8 heteroatoms. The summed E-state index contributed by atoms with van der Waals surface area (Å²) in [6.07, 6.45) is 0.919. The van der Waals surface area contributed by atoms with E-state index in [1.165, 1.54) is 0 Å². The molecule has 8 nitrogen and oxygen atoms in total. The molecule has 0 aromatic carbocycles. The molecule has 1 aromatic rings. The molecule has 0 spiro atoms. The molecule has 13 heavy (non-hydrogen) atoms. The van der Waals surface area contributed by atoms with Crippen LogP contribution in [-0.4, -0.2) is 15.4 Å². The molecule has 72 valence electrons. The van der Waals surface area contributed by atoms with E-state index < -0.39 is 5.23 Å². The first-order valence-electron chi connectivity index (χ1n) is 3.10. The summed E-state index contributed by atoms with van der Waals surface area (Å²) in [5.74, 6) is -0.212. The molecule has 0 unspecified atom stereocenters. The lowest BCUT2D eigenvalue weighted by Gasteiger charge is -2.37. The highest BCUT2D eigenvalue weighted by Gasteiger charge is 2.06. The van der Waals surface area contributed by atoms with E-state index in [0.29, 0.717) is 0 Å². The van der Waals surface area contributed by atoms with Crippen LogP contribution in [0.4, 0.5) is 17.2 Å². The Hall–Kier alpha value is -1.61. The minimum absolute atomic E-state index is 0.212. The number of anilines is 3. The summed E-state index contributed by atoms with van der Waals surface area (Å²) in [6, 6.07) is 0.891. The Morgan fingerprint density at radius 1 is 1.38 bits per heavy atom. The normalized spacial score (nSPS) is 9.85. The third-order valence-electron chi connectivity index (χ3n) is 1.31. The molecular weight excluding hydrogens is 180 g/mol. The third kappa shape index (κ3) is 1.95. The van der Waals surface area contributed by atoms with Gasteiger partial charge in [0, 0.05) is 5.69 Å². The van der Waals surface area contributed by atoms with Crippen molar-refractivity contribution >= 4 is 17.2 Å². The molecule has 0 radical (unpaired) electrons. The second-order valence-electron chi connectivity index (χ2n) is 2.14. The van der Waals surface area contributed by atoms with Crippen LogP contribution in [0.2, 0.25) is 0 Å². The average molecular weight is 186 g/mol. The number of hydrogen-bond donors (Lipinski definition) is 3. The van der Waals surface area contributed by atoms with Gasteiger partial charge in [0.25, 0.3) is 0 Å². The molecule has 0 saturated carbocycles. The van der Waals surface area contributed by atoms with Gasteiger partial charge in [0.2, 0.25) is 0 Å². The summed E-state index contributed by atoms with van der Waals surface area (Å²) in [6.45, 7) is 0. The number of pyridine rings is 1. The lowest BCUT2D eigenvalue weighted by molar-refractivity contribution is 0.0294. The van der Waals surface area contributed by atoms with Crippen molar-refractivity contribution in [2.45, 2.75) is 0 Å². The van der Waals surface area contributed by atoms with E-state index in [2.05, 4.69) is 4.98 Å². The molecule has 0 aliphatic rings. The highest BCUT2D eigenvalue weighted by atomic mass is 16.8. The zero-order valence-electron chi connectivity index (χ0n) is 6.28. The molecule has 1 rings (SSSR count). The fourth-order valence-corrected chi connectivity index (χ4v) is 0.713. The van der Waals surface area contributed by atoms with Crippen LogP contribution in [0.25, 0.3) is 0 Å². The lowest BCUT2D eigenvalue weighted by atomic mass is 10.3. The van der Waals surface area contributed by atoms with Gasteiger partial charge in [-0.05, 0) is 6.07 Å². The Bertz CT molecular complexity index is 303. The van der Waals surface area contributed by atoms with E-state index in [-0.39, 0.29) is 22.4 Å². The highest BCUT2D eigenvalue weighted by molar-refractivity contribution is 5.67. The highest BCUT2D eigenvalue weighted by Crippen LogP contribution is 2.23. The van der Waals surface area contributed by atoms with Crippen molar-refractivity contribution in [1.82, 2.24) is 4.98 Å². The first kappa shape index (κ1) is 9.48. The summed E-state index contributed by atoms with van der Waals surface area (Å²) in [5, 5.41) is 36.5. The van der Waals surface area contributed by atoms with Crippen LogP contribution < -0.4 is 16.2 Å². The fourth-order valence-electron chi connectivity index (χ4n) is 0.713. The molecule has 0 aliphatic carbocycles. The van der Waals surface area contributed by atoms with E-state index in [9.17, 15) is 10.4 Å². The monoisotopic (exact) mass is 186 g/mol. The van der Waals surface area contributed by atoms with Crippen LogP contribution in [0.1, 0.15) is 0 Å². The van der Waals surface area contributed by atoms with Crippen LogP contribution in [0, 0.1) is 10.4 Å². The molecule has 0 fully saturated rings. The van der Waals surface area contributed by atoms with Crippen LogP contribution >= 0.6 is 0 Å². The van der Waals surface area contributed by atoms with Gasteiger partial charge in [-0.15, -0.1) is 5.23 Å². The van der Waals surface area contributed by atoms with Gasteiger partial charge in [-0.2, -0.15) is 0 Å². The van der Waals surface area contributed by atoms with Crippen molar-refractivity contribution in [1.29, 1.82) is 0 Å². The van der Waals surface area contributed by atoms with Crippen LogP contribution in [0.5, 0.6) is 0 Å². The zero-order valence-corrected chi connectivity index (χ0v) is 6.28. The molecular formula is C5H6N4O4-2. The molecule has 1 heterocycles. The van der Waals surface area contributed by atoms with Crippen molar-refractivity contribution < 1.29 is 10.4 Å². The first-order valence-corrected chi connectivity index (χ1v) is 3.10. The van der Waals surface area contributed by atoms with Crippen LogP contribution in [0.15, 0.2) is 12.3 Å². The first-order chi connectivity index (χ1) is 6.02. The van der Waals surface area contributed by atoms with Crippen molar-refractivity contribution in [3.8, 4) is 0 Å². The number of nitrogens with two attached hydrogens (primary N) is 1. The Labute approximate surface area is 72.5 Å². The van der Waals surface area contributed by atoms with E-state index in [1.54, 1.807) is 0 Å². The Morgan fingerprint density at radius 2 is 2.00 bits per heavy atom. The molecule has 0 aliphatic heterocycles. The second-order valence-corrected chi connectivity index (χ2v) is 2.14. The van der Waals surface area contributed by atoms with E-state index in [1.807, 2.05) is 0 Å². The van der Waals surface area contributed by atoms with Crippen LogP contribution in [-0.2, 0) is 0 Å². The van der Waals surface area contributed by atoms with Gasteiger partial charge >= 0.3 is 0 Å². The predicted octanol–water partition coefficient (Wildman–Crippen LogP) is 0.0506. The Morgan fingerprint density at radius 3 is 2.46 bits per heavy atom. The maximum atomic E-state index is 10.2. The summed E-state index contributed by atoms with van der Waals surface area (Å²) in [5.41, 5.74) is 4.48. The van der Waals surface area contributed by atoms with E-state index >= 15 is 0 Å². The average Bonchev–Trinajstić information content (AvgIpc) is 2.04. The lowest BCUT2D eigenvalue weighted by Crippen LogP contribution is -2.15. The summed E-state index contributed by atoms with van der Waals surface area (Å²) >= 11 is 0. The summed E-state index contributed by atoms with van der Waals surface area (Å²) < 4.78 is 0. The van der Waals surface area contributed by atoms with Crippen molar-refractivity contribution in [3.63, 3.8) is 0 Å². The molecule has 0 atom stereocenters. The Kier molecular flexibility index (Phi) is 2.49. The van der Waals surface area contributed by atoms with Crippen molar-refractivity contribution in [2.24, 2.45) is 0 Å². The van der Waals surface area contributed by atoms with Crippen molar-refractivity contribution in [2.75, 3.05) is 16.2 Å². The number of hydrogen-bond acceptors (Lipinski definition) is 8. The molecule has 1 aromatic heterocycles. The summed E-state index contributed by atoms with van der Waals surface area (Å²) in [4.78, 5) is 3.40. The number of nitrogens with zero attached hydrogens (tertiary/aromatic N) is 3. The third-order valence-corrected chi connectivity index (χ3v) is 1.31. The van der Waals surface area contributed by atoms with Gasteiger partial charge in [-0.1, -0.05) is 0 Å². The van der Waals surface area contributed by atoms with Crippen LogP contribution in [0.3, 0.4) is 0 Å². The largest absolute Gasteiger partial charge is 0.769 e. The maximum absolute atomic E-state index is 10.2. The SMILES string of the molecule is Nc1ncc(N([O-])[O-])cc1N(O)O. The maximum Gasteiger partial charge on any atom is 0.152 e. The van der Waals surface area contributed by atoms with Gasteiger partial charge < -0.3 is 21.4 Å². The van der Waals surface area contributed by atoms with Crippen molar-refractivity contribution in [3.05, 3.63) is 22.7 Å². The quantitative estimate of drug-likeness (QED) is 0.552. The standard InChI is InChI=1S/C5H6N4O4/c6-5-4(9(12)13)1-3(2-7-5)8(10)11/h1-2,12-13H,(H2,6,7)/q-2. The summed E-state index contributed by atoms with van der Waals surface area (Å²) in [7, 11) is 0. The smallest absolute Gasteiger partial charge is 0.152 e. The van der Waals surface area contributed by atoms with Gasteiger partial charge in [0.15, 0.2) is 5.82 Å². The van der Waals surface area contributed by atoms with E-state index in [4.69, 9.17) is 16.1 Å². The number of rotatable bonds is 2. The van der Waals surface area contributed by atoms with Gasteiger partial charge in [0.1, 0.15) is 5.69 Å². The topological polar surface area (TPSA) is 132 Å². The predicted molar refractivity (Wildman–Crippen MR) is 43.9 cm³/mol. The zero-order chi connectivity index (χ0) is 10.0. The van der Waals surface area contributed by atoms with Gasteiger partial charge in [0.05, 0.1) is 6.20 Å². The second kappa shape index (κ2) is 3.41. The molecule has 0 amide bonds. The molecule has 0 saturated heterocycles. The number of nitrogen functional groups attached to an aromatic ring is 1. The minimum Gasteiger partial charge on any atom is -0.769 e. The van der Waals surface area contributed by atoms with E-state index in [0.717, 1.165) is 12.3 Å². The fraction of sp³-hybridized carbons (Fsp3) is 0. The molecule has 0 bridgehead atoms.